The molecule has 2 rings (SSSR count). The molecule has 0 saturated heterocycles. The first-order chi connectivity index (χ1) is 7.58. The summed E-state index contributed by atoms with van der Waals surface area (Å²) in [6.07, 6.45) is 5.93. The summed E-state index contributed by atoms with van der Waals surface area (Å²) in [5.74, 6) is -0.141. The lowest BCUT2D eigenvalue weighted by molar-refractivity contribution is 0.0944. The molecule has 6 heteroatoms. The molecule has 1 aliphatic rings. The first-order valence-corrected chi connectivity index (χ1v) is 6.41. The van der Waals surface area contributed by atoms with Crippen molar-refractivity contribution in [3.8, 4) is 0 Å². The molecule has 0 radical (unpaired) electrons. The van der Waals surface area contributed by atoms with Crippen LogP contribution in [0.25, 0.3) is 0 Å². The topological polar surface area (TPSA) is 72.9 Å². The third-order valence-corrected chi connectivity index (χ3v) is 4.41. The number of hydrogen-bond donors (Lipinski definition) is 2. The fraction of sp³-hybridized carbons (Fsp3) is 0.600. The monoisotopic (exact) mass is 240 g/mol. The van der Waals surface area contributed by atoms with Crippen molar-refractivity contribution in [3.05, 3.63) is 11.9 Å². The van der Waals surface area contributed by atoms with Gasteiger partial charge in [-0.25, -0.2) is 0 Å². The second kappa shape index (κ2) is 4.01. The Kier molecular flexibility index (Phi) is 2.84. The summed E-state index contributed by atoms with van der Waals surface area (Å²) in [6, 6.07) is 0. The number of nitrogen functional groups attached to an aromatic ring is 1. The lowest BCUT2D eigenvalue weighted by atomic mass is 10.3. The minimum Gasteiger partial charge on any atom is -0.396 e. The Balaban J connectivity index is 1.98. The molecule has 1 fully saturated rings. The average molecular weight is 240 g/mol. The van der Waals surface area contributed by atoms with Crippen LogP contribution in [0, 0.1) is 0 Å². The van der Waals surface area contributed by atoms with Crippen molar-refractivity contribution in [2.75, 3.05) is 18.5 Å². The van der Waals surface area contributed by atoms with Crippen molar-refractivity contribution >= 4 is 23.4 Å². The molecule has 0 unspecified atom stereocenters. The highest BCUT2D eigenvalue weighted by atomic mass is 32.2. The van der Waals surface area contributed by atoms with Gasteiger partial charge >= 0.3 is 0 Å². The van der Waals surface area contributed by atoms with Gasteiger partial charge in [-0.15, -0.1) is 0 Å². The third kappa shape index (κ3) is 2.02. The molecule has 1 aliphatic carbocycles. The number of rotatable bonds is 4. The summed E-state index contributed by atoms with van der Waals surface area (Å²) in [5, 5.41) is 6.86. The van der Waals surface area contributed by atoms with Gasteiger partial charge < -0.3 is 11.1 Å². The second-order valence-corrected chi connectivity index (χ2v) is 5.42. The predicted molar refractivity (Wildman–Crippen MR) is 65.4 cm³/mol. The molecular weight excluding hydrogens is 224 g/mol. The summed E-state index contributed by atoms with van der Waals surface area (Å²) in [5.41, 5.74) is 6.55. The molecule has 3 N–H and O–H groups in total. The Bertz CT molecular complexity index is 391. The van der Waals surface area contributed by atoms with E-state index in [1.165, 1.54) is 23.7 Å². The molecule has 1 aromatic rings. The van der Waals surface area contributed by atoms with E-state index in [2.05, 4.69) is 16.7 Å². The number of anilines is 1. The van der Waals surface area contributed by atoms with E-state index in [1.807, 2.05) is 11.8 Å². The molecule has 1 saturated carbocycles. The van der Waals surface area contributed by atoms with E-state index in [9.17, 15) is 4.79 Å². The summed E-state index contributed by atoms with van der Waals surface area (Å²) in [6.45, 7) is 0.706. The van der Waals surface area contributed by atoms with Gasteiger partial charge in [0.15, 0.2) is 0 Å². The van der Waals surface area contributed by atoms with Crippen LogP contribution in [0.3, 0.4) is 0 Å². The minimum atomic E-state index is -0.141. The van der Waals surface area contributed by atoms with Gasteiger partial charge in [0.1, 0.15) is 5.69 Å². The maximum Gasteiger partial charge on any atom is 0.271 e. The largest absolute Gasteiger partial charge is 0.396 e. The summed E-state index contributed by atoms with van der Waals surface area (Å²) < 4.78 is 1.77. The normalized spacial score (nSPS) is 17.1. The van der Waals surface area contributed by atoms with E-state index in [0.717, 1.165) is 0 Å². The molecule has 0 aliphatic heterocycles. The summed E-state index contributed by atoms with van der Waals surface area (Å²) in [7, 11) is 1.72. The van der Waals surface area contributed by atoms with Crippen molar-refractivity contribution in [2.45, 2.75) is 17.6 Å². The highest BCUT2D eigenvalue weighted by molar-refractivity contribution is 8.00. The van der Waals surface area contributed by atoms with Crippen LogP contribution in [0.5, 0.6) is 0 Å². The molecule has 1 aromatic heterocycles. The smallest absolute Gasteiger partial charge is 0.271 e. The zero-order valence-corrected chi connectivity index (χ0v) is 10.3. The number of carbonyl (C=O) groups is 1. The Morgan fingerprint density at radius 1 is 1.75 bits per heavy atom. The van der Waals surface area contributed by atoms with E-state index in [0.29, 0.717) is 17.9 Å². The standard InChI is InChI=1S/C10H16N4OS/c1-14-8(7(11)5-13-14)9(15)12-6-10(16-2)3-4-10/h5H,3-4,6,11H2,1-2H3,(H,12,15). The van der Waals surface area contributed by atoms with Crippen molar-refractivity contribution in [3.63, 3.8) is 0 Å². The van der Waals surface area contributed by atoms with Crippen LogP contribution in [-0.2, 0) is 7.05 Å². The number of thioether (sulfide) groups is 1. The lowest BCUT2D eigenvalue weighted by Crippen LogP contribution is -2.33. The average Bonchev–Trinajstić information content (AvgIpc) is 2.97. The van der Waals surface area contributed by atoms with E-state index < -0.39 is 0 Å². The molecule has 88 valence electrons. The minimum absolute atomic E-state index is 0.141. The van der Waals surface area contributed by atoms with Gasteiger partial charge in [-0.05, 0) is 19.1 Å². The number of aryl methyl sites for hydroxylation is 1. The second-order valence-electron chi connectivity index (χ2n) is 4.14. The number of hydrogen-bond acceptors (Lipinski definition) is 4. The molecule has 0 atom stereocenters. The van der Waals surface area contributed by atoms with E-state index in [4.69, 9.17) is 5.73 Å². The van der Waals surface area contributed by atoms with Crippen LogP contribution in [0.4, 0.5) is 5.69 Å². The maximum atomic E-state index is 11.9. The molecule has 5 nitrogen and oxygen atoms in total. The van der Waals surface area contributed by atoms with Crippen LogP contribution in [0.15, 0.2) is 6.20 Å². The Morgan fingerprint density at radius 2 is 2.44 bits per heavy atom. The fourth-order valence-electron chi connectivity index (χ4n) is 1.65. The third-order valence-electron chi connectivity index (χ3n) is 2.99. The molecule has 16 heavy (non-hydrogen) atoms. The van der Waals surface area contributed by atoms with Gasteiger partial charge in [0.05, 0.1) is 11.9 Å². The Hall–Kier alpha value is -1.17. The van der Waals surface area contributed by atoms with Crippen LogP contribution >= 0.6 is 11.8 Å². The van der Waals surface area contributed by atoms with Crippen molar-refractivity contribution in [2.24, 2.45) is 7.05 Å². The van der Waals surface area contributed by atoms with E-state index >= 15 is 0 Å². The van der Waals surface area contributed by atoms with Crippen LogP contribution in [-0.4, -0.2) is 33.2 Å². The fourth-order valence-corrected chi connectivity index (χ4v) is 2.38. The lowest BCUT2D eigenvalue weighted by Gasteiger charge is -2.13. The zero-order chi connectivity index (χ0) is 11.8. The summed E-state index contributed by atoms with van der Waals surface area (Å²) >= 11 is 1.82. The van der Waals surface area contributed by atoms with E-state index in [-0.39, 0.29) is 10.7 Å². The first-order valence-electron chi connectivity index (χ1n) is 5.19. The van der Waals surface area contributed by atoms with Crippen LogP contribution < -0.4 is 11.1 Å². The first kappa shape index (κ1) is 11.3. The number of aromatic nitrogens is 2. The summed E-state index contributed by atoms with van der Waals surface area (Å²) in [4.78, 5) is 11.9. The maximum absolute atomic E-state index is 11.9. The molecule has 0 bridgehead atoms. The van der Waals surface area contributed by atoms with E-state index in [1.54, 1.807) is 7.05 Å². The number of carbonyl (C=O) groups excluding carboxylic acids is 1. The molecule has 1 amide bonds. The quantitative estimate of drug-likeness (QED) is 0.809. The van der Waals surface area contributed by atoms with Gasteiger partial charge in [-0.1, -0.05) is 0 Å². The van der Waals surface area contributed by atoms with Crippen molar-refractivity contribution in [1.29, 1.82) is 0 Å². The SMILES string of the molecule is CSC1(CNC(=O)c2c(N)cnn2C)CC1. The molecule has 1 heterocycles. The number of nitrogens with zero attached hydrogens (tertiary/aromatic N) is 2. The van der Waals surface area contributed by atoms with Crippen LogP contribution in [0.1, 0.15) is 23.3 Å². The predicted octanol–water partition coefficient (Wildman–Crippen LogP) is 0.628. The number of amides is 1. The van der Waals surface area contributed by atoms with Gasteiger partial charge in [0.25, 0.3) is 5.91 Å². The number of nitrogens with two attached hydrogens (primary N) is 1. The van der Waals surface area contributed by atoms with Gasteiger partial charge in [-0.2, -0.15) is 16.9 Å². The van der Waals surface area contributed by atoms with Gasteiger partial charge in [0.2, 0.25) is 0 Å². The molecule has 0 aromatic carbocycles. The van der Waals surface area contributed by atoms with Crippen molar-refractivity contribution < 1.29 is 4.79 Å². The van der Waals surface area contributed by atoms with Crippen LogP contribution in [0.2, 0.25) is 0 Å². The number of nitrogens with one attached hydrogen (secondary N) is 1. The van der Waals surface area contributed by atoms with Crippen molar-refractivity contribution in [1.82, 2.24) is 15.1 Å². The Labute approximate surface area is 98.8 Å². The highest BCUT2D eigenvalue weighted by Crippen LogP contribution is 2.46. The molecule has 0 spiro atoms. The zero-order valence-electron chi connectivity index (χ0n) is 9.49. The Morgan fingerprint density at radius 3 is 2.88 bits per heavy atom. The van der Waals surface area contributed by atoms with Gasteiger partial charge in [0, 0.05) is 18.3 Å². The van der Waals surface area contributed by atoms with Gasteiger partial charge in [-0.3, -0.25) is 9.48 Å². The molecular formula is C10H16N4OS. The highest BCUT2D eigenvalue weighted by Gasteiger charge is 2.42.